The van der Waals surface area contributed by atoms with Crippen molar-refractivity contribution < 1.29 is 9.50 Å². The zero-order valence-electron chi connectivity index (χ0n) is 10.0. The normalized spacial score (nSPS) is 18.3. The summed E-state index contributed by atoms with van der Waals surface area (Å²) in [7, 11) is 0. The molecule has 0 saturated heterocycles. The van der Waals surface area contributed by atoms with Gasteiger partial charge in [0, 0.05) is 0 Å². The van der Waals surface area contributed by atoms with Crippen LogP contribution in [0.5, 0.6) is 0 Å². The Morgan fingerprint density at radius 3 is 2.00 bits per heavy atom. The molecule has 1 nitrogen and oxygen atoms in total. The second kappa shape index (κ2) is 4.21. The monoisotopic (exact) mass is 242 g/mol. The van der Waals surface area contributed by atoms with E-state index in [4.69, 9.17) is 0 Å². The molecule has 0 aromatic heterocycles. The molecule has 18 heavy (non-hydrogen) atoms. The Bertz CT molecular complexity index is 531. The summed E-state index contributed by atoms with van der Waals surface area (Å²) in [6.45, 7) is 0. The average Bonchev–Trinajstić information content (AvgIpc) is 3.24. The fourth-order valence-electron chi connectivity index (χ4n) is 2.54. The van der Waals surface area contributed by atoms with Gasteiger partial charge in [-0.2, -0.15) is 0 Å². The van der Waals surface area contributed by atoms with E-state index >= 15 is 0 Å². The molecule has 0 spiro atoms. The van der Waals surface area contributed by atoms with E-state index in [-0.39, 0.29) is 11.7 Å². The van der Waals surface area contributed by atoms with E-state index in [0.717, 1.165) is 24.0 Å². The van der Waals surface area contributed by atoms with Crippen LogP contribution >= 0.6 is 0 Å². The molecular weight excluding hydrogens is 227 g/mol. The Hall–Kier alpha value is -1.67. The van der Waals surface area contributed by atoms with Gasteiger partial charge in [-0.1, -0.05) is 42.5 Å². The third kappa shape index (κ3) is 1.83. The third-order valence-electron chi connectivity index (χ3n) is 3.67. The van der Waals surface area contributed by atoms with Crippen LogP contribution < -0.4 is 0 Å². The summed E-state index contributed by atoms with van der Waals surface area (Å²) < 4.78 is 13.0. The van der Waals surface area contributed by atoms with Gasteiger partial charge in [0.25, 0.3) is 0 Å². The van der Waals surface area contributed by atoms with Crippen LogP contribution in [-0.4, -0.2) is 5.11 Å². The topological polar surface area (TPSA) is 20.2 Å². The van der Waals surface area contributed by atoms with E-state index in [1.807, 2.05) is 30.3 Å². The first-order chi connectivity index (χ1) is 8.71. The lowest BCUT2D eigenvalue weighted by Gasteiger charge is -2.29. The van der Waals surface area contributed by atoms with Crippen molar-refractivity contribution in [1.29, 1.82) is 0 Å². The van der Waals surface area contributed by atoms with Crippen LogP contribution in [0.3, 0.4) is 0 Å². The number of halogens is 1. The largest absolute Gasteiger partial charge is 0.380 e. The maximum atomic E-state index is 13.0. The minimum absolute atomic E-state index is 0.241. The molecule has 2 aromatic carbocycles. The van der Waals surface area contributed by atoms with Crippen molar-refractivity contribution in [2.45, 2.75) is 18.4 Å². The van der Waals surface area contributed by atoms with Crippen LogP contribution in [0.1, 0.15) is 24.0 Å². The molecule has 1 atom stereocenters. The lowest BCUT2D eigenvalue weighted by atomic mass is 9.82. The molecule has 1 N–H and O–H groups in total. The van der Waals surface area contributed by atoms with Crippen LogP contribution in [0, 0.1) is 11.7 Å². The lowest BCUT2D eigenvalue weighted by Crippen LogP contribution is -2.29. The van der Waals surface area contributed by atoms with E-state index in [0.29, 0.717) is 0 Å². The molecule has 1 aliphatic rings. The number of hydrogen-bond acceptors (Lipinski definition) is 1. The number of benzene rings is 2. The summed E-state index contributed by atoms with van der Waals surface area (Å²) >= 11 is 0. The highest BCUT2D eigenvalue weighted by Gasteiger charge is 2.46. The minimum Gasteiger partial charge on any atom is -0.380 e. The van der Waals surface area contributed by atoms with Crippen LogP contribution in [-0.2, 0) is 5.60 Å². The second-order valence-electron chi connectivity index (χ2n) is 4.91. The first-order valence-electron chi connectivity index (χ1n) is 6.25. The standard InChI is InChI=1S/C16H15FO/c17-15-10-8-14(9-11-15)16(18,13-6-7-13)12-4-2-1-3-5-12/h1-5,8-11,13,18H,6-7H2. The van der Waals surface area contributed by atoms with Crippen molar-refractivity contribution in [2.75, 3.05) is 0 Å². The highest BCUT2D eigenvalue weighted by molar-refractivity contribution is 5.38. The maximum absolute atomic E-state index is 13.0. The summed E-state index contributed by atoms with van der Waals surface area (Å²) in [6.07, 6.45) is 2.03. The van der Waals surface area contributed by atoms with E-state index in [9.17, 15) is 9.50 Å². The first kappa shape index (κ1) is 11.4. The van der Waals surface area contributed by atoms with Gasteiger partial charge in [0.15, 0.2) is 0 Å². The Labute approximate surface area is 106 Å². The first-order valence-corrected chi connectivity index (χ1v) is 6.25. The van der Waals surface area contributed by atoms with Crippen molar-refractivity contribution in [3.8, 4) is 0 Å². The minimum atomic E-state index is -0.977. The van der Waals surface area contributed by atoms with Crippen LogP contribution in [0.2, 0.25) is 0 Å². The zero-order chi connectivity index (χ0) is 12.6. The fraction of sp³-hybridized carbons (Fsp3) is 0.250. The van der Waals surface area contributed by atoms with E-state index in [1.54, 1.807) is 12.1 Å². The van der Waals surface area contributed by atoms with Gasteiger partial charge < -0.3 is 5.11 Å². The van der Waals surface area contributed by atoms with Gasteiger partial charge in [-0.05, 0) is 42.0 Å². The van der Waals surface area contributed by atoms with Crippen molar-refractivity contribution in [1.82, 2.24) is 0 Å². The predicted molar refractivity (Wildman–Crippen MR) is 68.6 cm³/mol. The highest BCUT2D eigenvalue weighted by atomic mass is 19.1. The van der Waals surface area contributed by atoms with Gasteiger partial charge in [0.1, 0.15) is 11.4 Å². The van der Waals surface area contributed by atoms with Crippen LogP contribution in [0.15, 0.2) is 54.6 Å². The Morgan fingerprint density at radius 1 is 0.889 bits per heavy atom. The second-order valence-corrected chi connectivity index (χ2v) is 4.91. The summed E-state index contributed by atoms with van der Waals surface area (Å²) in [5.41, 5.74) is 0.686. The van der Waals surface area contributed by atoms with E-state index < -0.39 is 5.60 Å². The SMILES string of the molecule is OC(c1ccccc1)(c1ccc(F)cc1)C1CC1. The average molecular weight is 242 g/mol. The molecule has 0 radical (unpaired) electrons. The van der Waals surface area contributed by atoms with Crippen LogP contribution in [0.25, 0.3) is 0 Å². The molecule has 0 bridgehead atoms. The molecule has 1 saturated carbocycles. The zero-order valence-corrected chi connectivity index (χ0v) is 10.0. The molecule has 1 unspecified atom stereocenters. The molecular formula is C16H15FO. The Kier molecular flexibility index (Phi) is 2.67. The lowest BCUT2D eigenvalue weighted by molar-refractivity contribution is 0.0564. The maximum Gasteiger partial charge on any atom is 0.123 e. The third-order valence-corrected chi connectivity index (χ3v) is 3.67. The van der Waals surface area contributed by atoms with Gasteiger partial charge in [-0.3, -0.25) is 0 Å². The van der Waals surface area contributed by atoms with Gasteiger partial charge >= 0.3 is 0 Å². The summed E-state index contributed by atoms with van der Waals surface area (Å²) in [5, 5.41) is 11.1. The summed E-state index contributed by atoms with van der Waals surface area (Å²) in [5.74, 6) is -0.0321. The quantitative estimate of drug-likeness (QED) is 0.873. The molecule has 0 heterocycles. The number of rotatable bonds is 3. The molecule has 1 aliphatic carbocycles. The van der Waals surface area contributed by atoms with Crippen molar-refractivity contribution in [3.05, 3.63) is 71.5 Å². The fourth-order valence-corrected chi connectivity index (χ4v) is 2.54. The van der Waals surface area contributed by atoms with Crippen molar-refractivity contribution in [2.24, 2.45) is 5.92 Å². The molecule has 0 amide bonds. The van der Waals surface area contributed by atoms with Crippen LogP contribution in [0.4, 0.5) is 4.39 Å². The molecule has 92 valence electrons. The van der Waals surface area contributed by atoms with E-state index in [1.165, 1.54) is 12.1 Å². The molecule has 2 aromatic rings. The van der Waals surface area contributed by atoms with Crippen molar-refractivity contribution >= 4 is 0 Å². The molecule has 1 fully saturated rings. The van der Waals surface area contributed by atoms with E-state index in [2.05, 4.69) is 0 Å². The highest BCUT2D eigenvalue weighted by Crippen LogP contribution is 2.49. The summed E-state index contributed by atoms with van der Waals surface area (Å²) in [4.78, 5) is 0. The van der Waals surface area contributed by atoms with Gasteiger partial charge in [0.05, 0.1) is 0 Å². The van der Waals surface area contributed by atoms with Gasteiger partial charge in [-0.15, -0.1) is 0 Å². The molecule has 0 aliphatic heterocycles. The van der Waals surface area contributed by atoms with Crippen molar-refractivity contribution in [3.63, 3.8) is 0 Å². The summed E-state index contributed by atoms with van der Waals surface area (Å²) in [6, 6.07) is 15.8. The number of aliphatic hydroxyl groups is 1. The smallest absolute Gasteiger partial charge is 0.123 e. The molecule has 3 rings (SSSR count). The molecule has 2 heteroatoms. The van der Waals surface area contributed by atoms with Gasteiger partial charge in [0.2, 0.25) is 0 Å². The predicted octanol–water partition coefficient (Wildman–Crippen LogP) is 3.47. The Balaban J connectivity index is 2.09. The number of hydrogen-bond donors (Lipinski definition) is 1. The Morgan fingerprint density at radius 2 is 1.44 bits per heavy atom. The van der Waals surface area contributed by atoms with Gasteiger partial charge in [-0.25, -0.2) is 4.39 Å².